The van der Waals surface area contributed by atoms with E-state index in [0.717, 1.165) is 18.5 Å². The van der Waals surface area contributed by atoms with Gasteiger partial charge in [-0.1, -0.05) is 36.4 Å². The van der Waals surface area contributed by atoms with Crippen molar-refractivity contribution < 1.29 is 14.3 Å². The van der Waals surface area contributed by atoms with E-state index in [9.17, 15) is 9.59 Å². The first-order chi connectivity index (χ1) is 12.2. The molecule has 0 bridgehead atoms. The second-order valence-electron chi connectivity index (χ2n) is 6.11. The van der Waals surface area contributed by atoms with Gasteiger partial charge < -0.3 is 15.0 Å². The van der Waals surface area contributed by atoms with Crippen molar-refractivity contribution in [2.75, 3.05) is 20.2 Å². The predicted molar refractivity (Wildman–Crippen MR) is 95.5 cm³/mol. The van der Waals surface area contributed by atoms with Gasteiger partial charge in [-0.15, -0.1) is 0 Å². The molecule has 0 spiro atoms. The average Bonchev–Trinajstić information content (AvgIpc) is 3.06. The number of rotatable bonds is 6. The lowest BCUT2D eigenvalue weighted by molar-refractivity contribution is -0.128. The minimum atomic E-state index is -0.248. The van der Waals surface area contributed by atoms with Gasteiger partial charge in [0.1, 0.15) is 5.75 Å². The van der Waals surface area contributed by atoms with Crippen LogP contribution in [0.15, 0.2) is 54.6 Å². The predicted octanol–water partition coefficient (Wildman–Crippen LogP) is 2.79. The Morgan fingerprint density at radius 2 is 2.00 bits per heavy atom. The summed E-state index contributed by atoms with van der Waals surface area (Å²) in [5, 5.41) is 3.06. The Morgan fingerprint density at radius 1 is 1.20 bits per heavy atom. The van der Waals surface area contributed by atoms with E-state index in [0.29, 0.717) is 24.3 Å². The van der Waals surface area contributed by atoms with Gasteiger partial charge >= 0.3 is 0 Å². The number of nitrogens with zero attached hydrogens (tertiary/aromatic N) is 1. The van der Waals surface area contributed by atoms with Gasteiger partial charge in [-0.25, -0.2) is 0 Å². The van der Waals surface area contributed by atoms with Crippen LogP contribution < -0.4 is 10.1 Å². The number of likely N-dealkylation sites (tertiary alicyclic amines) is 1. The molecule has 5 nitrogen and oxygen atoms in total. The smallest absolute Gasteiger partial charge is 0.251 e. The Labute approximate surface area is 147 Å². The van der Waals surface area contributed by atoms with Crippen LogP contribution in [0.2, 0.25) is 0 Å². The van der Waals surface area contributed by atoms with Crippen LogP contribution in [0.1, 0.15) is 34.8 Å². The average molecular weight is 338 g/mol. The lowest BCUT2D eigenvalue weighted by atomic mass is 10.1. The summed E-state index contributed by atoms with van der Waals surface area (Å²) in [6.07, 6.45) is 1.47. The molecule has 2 aromatic carbocycles. The van der Waals surface area contributed by atoms with Gasteiger partial charge in [0.2, 0.25) is 5.91 Å². The SMILES string of the molecule is COc1cccc(C(=O)NC(CN2CCCC2=O)c2ccccc2)c1. The molecule has 1 aliphatic heterocycles. The molecule has 1 fully saturated rings. The maximum absolute atomic E-state index is 12.7. The van der Waals surface area contributed by atoms with Crippen LogP contribution in [0.25, 0.3) is 0 Å². The number of benzene rings is 2. The van der Waals surface area contributed by atoms with Crippen LogP contribution in [0.4, 0.5) is 0 Å². The second kappa shape index (κ2) is 7.83. The fraction of sp³-hybridized carbons (Fsp3) is 0.300. The minimum Gasteiger partial charge on any atom is -0.497 e. The van der Waals surface area contributed by atoms with Crippen molar-refractivity contribution in [1.82, 2.24) is 10.2 Å². The van der Waals surface area contributed by atoms with Crippen molar-refractivity contribution in [2.24, 2.45) is 0 Å². The van der Waals surface area contributed by atoms with Crippen molar-refractivity contribution in [3.05, 3.63) is 65.7 Å². The number of carbonyl (C=O) groups is 2. The first kappa shape index (κ1) is 17.0. The topological polar surface area (TPSA) is 58.6 Å². The molecule has 5 heteroatoms. The Hall–Kier alpha value is -2.82. The van der Waals surface area contributed by atoms with Crippen LogP contribution in [0, 0.1) is 0 Å². The van der Waals surface area contributed by atoms with E-state index >= 15 is 0 Å². The molecule has 0 aliphatic carbocycles. The zero-order valence-electron chi connectivity index (χ0n) is 14.3. The number of carbonyl (C=O) groups excluding carboxylic acids is 2. The van der Waals surface area contributed by atoms with E-state index in [-0.39, 0.29) is 17.9 Å². The Kier molecular flexibility index (Phi) is 5.33. The van der Waals surface area contributed by atoms with Crippen LogP contribution in [-0.4, -0.2) is 36.9 Å². The molecule has 2 aromatic rings. The summed E-state index contributed by atoms with van der Waals surface area (Å²) in [6, 6.07) is 16.5. The molecule has 1 N–H and O–H groups in total. The minimum absolute atomic E-state index is 0.150. The molecule has 1 atom stereocenters. The van der Waals surface area contributed by atoms with Crippen LogP contribution in [0.5, 0.6) is 5.75 Å². The Balaban J connectivity index is 1.79. The molecule has 2 amide bonds. The number of methoxy groups -OCH3 is 1. The number of amides is 2. The van der Waals surface area contributed by atoms with Gasteiger partial charge in [0.25, 0.3) is 5.91 Å². The zero-order chi connectivity index (χ0) is 17.6. The van der Waals surface area contributed by atoms with E-state index in [1.807, 2.05) is 35.2 Å². The summed E-state index contributed by atoms with van der Waals surface area (Å²) in [5.41, 5.74) is 1.52. The monoisotopic (exact) mass is 338 g/mol. The highest BCUT2D eigenvalue weighted by Gasteiger charge is 2.25. The summed E-state index contributed by atoms with van der Waals surface area (Å²) in [4.78, 5) is 26.5. The van der Waals surface area contributed by atoms with E-state index in [2.05, 4.69) is 5.32 Å². The quantitative estimate of drug-likeness (QED) is 0.881. The summed E-state index contributed by atoms with van der Waals surface area (Å²) in [5.74, 6) is 0.606. The number of hydrogen-bond acceptors (Lipinski definition) is 3. The van der Waals surface area contributed by atoms with Gasteiger partial charge in [0.05, 0.1) is 13.2 Å². The third-order valence-electron chi connectivity index (χ3n) is 4.41. The number of nitrogens with one attached hydrogen (secondary N) is 1. The van der Waals surface area contributed by atoms with Crippen molar-refractivity contribution >= 4 is 11.8 Å². The van der Waals surface area contributed by atoms with Crippen LogP contribution >= 0.6 is 0 Å². The van der Waals surface area contributed by atoms with Gasteiger partial charge in [0.15, 0.2) is 0 Å². The highest BCUT2D eigenvalue weighted by Crippen LogP contribution is 2.20. The van der Waals surface area contributed by atoms with Crippen molar-refractivity contribution in [3.63, 3.8) is 0 Å². The van der Waals surface area contributed by atoms with E-state index < -0.39 is 0 Å². The van der Waals surface area contributed by atoms with E-state index in [1.165, 1.54) is 0 Å². The van der Waals surface area contributed by atoms with Crippen molar-refractivity contribution in [2.45, 2.75) is 18.9 Å². The lowest BCUT2D eigenvalue weighted by Gasteiger charge is -2.25. The van der Waals surface area contributed by atoms with Crippen LogP contribution in [0.3, 0.4) is 0 Å². The highest BCUT2D eigenvalue weighted by atomic mass is 16.5. The maximum atomic E-state index is 12.7. The molecule has 130 valence electrons. The summed E-state index contributed by atoms with van der Waals surface area (Å²) < 4.78 is 5.18. The summed E-state index contributed by atoms with van der Waals surface area (Å²) in [6.45, 7) is 1.23. The molecule has 1 unspecified atom stereocenters. The number of ether oxygens (including phenoxy) is 1. The largest absolute Gasteiger partial charge is 0.497 e. The number of hydrogen-bond donors (Lipinski definition) is 1. The van der Waals surface area contributed by atoms with E-state index in [4.69, 9.17) is 4.74 Å². The van der Waals surface area contributed by atoms with Crippen LogP contribution in [-0.2, 0) is 4.79 Å². The second-order valence-corrected chi connectivity index (χ2v) is 6.11. The molecule has 0 saturated carbocycles. The molecular formula is C20H22N2O3. The highest BCUT2D eigenvalue weighted by molar-refractivity contribution is 5.94. The Bertz CT molecular complexity index is 746. The molecule has 0 aromatic heterocycles. The first-order valence-corrected chi connectivity index (χ1v) is 8.45. The fourth-order valence-electron chi connectivity index (χ4n) is 3.04. The normalized spacial score (nSPS) is 15.1. The van der Waals surface area contributed by atoms with Crippen molar-refractivity contribution in [1.29, 1.82) is 0 Å². The van der Waals surface area contributed by atoms with Gasteiger partial charge in [-0.3, -0.25) is 9.59 Å². The summed E-state index contributed by atoms with van der Waals surface area (Å²) in [7, 11) is 1.57. The Morgan fingerprint density at radius 3 is 2.68 bits per heavy atom. The van der Waals surface area contributed by atoms with Gasteiger partial charge in [-0.05, 0) is 30.2 Å². The van der Waals surface area contributed by atoms with Gasteiger partial charge in [0, 0.05) is 25.1 Å². The fourth-order valence-corrected chi connectivity index (χ4v) is 3.04. The lowest BCUT2D eigenvalue weighted by Crippen LogP contribution is -2.38. The zero-order valence-corrected chi connectivity index (χ0v) is 14.3. The molecule has 1 aliphatic rings. The van der Waals surface area contributed by atoms with Gasteiger partial charge in [-0.2, -0.15) is 0 Å². The molecule has 1 saturated heterocycles. The molecular weight excluding hydrogens is 316 g/mol. The van der Waals surface area contributed by atoms with E-state index in [1.54, 1.807) is 31.4 Å². The summed E-state index contributed by atoms with van der Waals surface area (Å²) >= 11 is 0. The molecule has 1 heterocycles. The third-order valence-corrected chi connectivity index (χ3v) is 4.41. The molecule has 0 radical (unpaired) electrons. The van der Waals surface area contributed by atoms with Crippen molar-refractivity contribution in [3.8, 4) is 5.75 Å². The first-order valence-electron chi connectivity index (χ1n) is 8.45. The molecule has 3 rings (SSSR count). The third kappa shape index (κ3) is 4.18. The maximum Gasteiger partial charge on any atom is 0.251 e. The molecule has 25 heavy (non-hydrogen) atoms. The standard InChI is InChI=1S/C20H22N2O3/c1-25-17-10-5-9-16(13-17)20(24)21-18(15-7-3-2-4-8-15)14-22-12-6-11-19(22)23/h2-5,7-10,13,18H,6,11-12,14H2,1H3,(H,21,24).